The zero-order chi connectivity index (χ0) is 21.8. The third-order valence-corrected chi connectivity index (χ3v) is 5.85. The van der Waals surface area contributed by atoms with Crippen LogP contribution in [0.3, 0.4) is 0 Å². The Morgan fingerprint density at radius 1 is 1.07 bits per heavy atom. The third kappa shape index (κ3) is 5.33. The summed E-state index contributed by atoms with van der Waals surface area (Å²) >= 11 is 6.00. The second-order valence-corrected chi connectivity index (χ2v) is 8.35. The number of sulfone groups is 1. The van der Waals surface area contributed by atoms with Crippen LogP contribution in [0.25, 0.3) is 0 Å². The van der Waals surface area contributed by atoms with Gasteiger partial charge in [-0.05, 0) is 49.7 Å². The molecule has 0 aromatic heterocycles. The van der Waals surface area contributed by atoms with Gasteiger partial charge in [0.25, 0.3) is 9.84 Å². The highest BCUT2D eigenvalue weighted by molar-refractivity contribution is 7.92. The molecule has 11 heteroatoms. The molecule has 0 aliphatic heterocycles. The summed E-state index contributed by atoms with van der Waals surface area (Å²) in [5.41, 5.74) is -3.86. The standard InChI is InChI=1S/C18H19ClF3N3O3S/c1-3-23-15-8-7-12(29(27,28)18(20,21)22)9-16(15)24-10-17(26)25-14-6-4-5-13(19)11(14)2/h4-9,23-24H,3,10H2,1-2H3,(H,25,26). The number of hydrogen-bond donors (Lipinski definition) is 3. The minimum Gasteiger partial charge on any atom is -0.384 e. The van der Waals surface area contributed by atoms with Gasteiger partial charge in [0.15, 0.2) is 0 Å². The van der Waals surface area contributed by atoms with Crippen molar-refractivity contribution in [2.45, 2.75) is 24.3 Å². The second kappa shape index (κ2) is 8.91. The van der Waals surface area contributed by atoms with Crippen LogP contribution in [0.4, 0.5) is 30.2 Å². The summed E-state index contributed by atoms with van der Waals surface area (Å²) in [4.78, 5) is 11.3. The van der Waals surface area contributed by atoms with Crippen LogP contribution in [0.15, 0.2) is 41.3 Å². The van der Waals surface area contributed by atoms with Crippen molar-refractivity contribution in [3.8, 4) is 0 Å². The average Bonchev–Trinajstić information content (AvgIpc) is 2.64. The average molecular weight is 450 g/mol. The smallest absolute Gasteiger partial charge is 0.384 e. The van der Waals surface area contributed by atoms with Gasteiger partial charge in [-0.25, -0.2) is 8.42 Å². The van der Waals surface area contributed by atoms with Crippen LogP contribution in [0.1, 0.15) is 12.5 Å². The van der Waals surface area contributed by atoms with Gasteiger partial charge < -0.3 is 16.0 Å². The monoisotopic (exact) mass is 449 g/mol. The molecule has 0 spiro atoms. The van der Waals surface area contributed by atoms with Crippen LogP contribution < -0.4 is 16.0 Å². The molecule has 0 atom stereocenters. The first-order chi connectivity index (χ1) is 13.5. The first kappa shape index (κ1) is 22.8. The molecule has 2 aromatic rings. The van der Waals surface area contributed by atoms with E-state index in [1.807, 2.05) is 0 Å². The molecule has 2 rings (SSSR count). The number of benzene rings is 2. The molecule has 29 heavy (non-hydrogen) atoms. The molecule has 6 nitrogen and oxygen atoms in total. The van der Waals surface area contributed by atoms with Crippen LogP contribution >= 0.6 is 11.6 Å². The van der Waals surface area contributed by atoms with Gasteiger partial charge in [-0.1, -0.05) is 17.7 Å². The minimum atomic E-state index is -5.51. The molecule has 0 aliphatic rings. The van der Waals surface area contributed by atoms with E-state index in [0.29, 0.717) is 28.5 Å². The maximum absolute atomic E-state index is 12.8. The highest BCUT2D eigenvalue weighted by atomic mass is 35.5. The normalized spacial score (nSPS) is 11.8. The Labute approximate surface area is 171 Å². The summed E-state index contributed by atoms with van der Waals surface area (Å²) in [5, 5.41) is 8.68. The molecule has 1 amide bonds. The molecule has 0 unspecified atom stereocenters. The highest BCUT2D eigenvalue weighted by Crippen LogP contribution is 2.34. The van der Waals surface area contributed by atoms with Crippen molar-refractivity contribution in [2.75, 3.05) is 29.0 Å². The quantitative estimate of drug-likeness (QED) is 0.582. The molecule has 0 aliphatic carbocycles. The van der Waals surface area contributed by atoms with Crippen LogP contribution in [0, 0.1) is 6.92 Å². The summed E-state index contributed by atoms with van der Waals surface area (Å²) in [6.07, 6.45) is 0. The van der Waals surface area contributed by atoms with E-state index in [1.165, 1.54) is 6.07 Å². The second-order valence-electron chi connectivity index (χ2n) is 6.00. The van der Waals surface area contributed by atoms with Crippen molar-refractivity contribution >= 4 is 44.4 Å². The first-order valence-electron chi connectivity index (χ1n) is 8.45. The van der Waals surface area contributed by atoms with E-state index in [1.54, 1.807) is 32.0 Å². The number of rotatable bonds is 7. The summed E-state index contributed by atoms with van der Waals surface area (Å²) in [6.45, 7) is 3.62. The Bertz CT molecular complexity index is 1010. The van der Waals surface area contributed by atoms with Gasteiger partial charge >= 0.3 is 5.51 Å². The van der Waals surface area contributed by atoms with E-state index >= 15 is 0 Å². The van der Waals surface area contributed by atoms with Crippen molar-refractivity contribution in [3.05, 3.63) is 47.0 Å². The number of nitrogens with one attached hydrogen (secondary N) is 3. The Morgan fingerprint density at radius 2 is 1.76 bits per heavy atom. The fourth-order valence-electron chi connectivity index (χ4n) is 2.43. The third-order valence-electron chi connectivity index (χ3n) is 3.95. The molecule has 0 saturated heterocycles. The maximum Gasteiger partial charge on any atom is 0.501 e. The number of hydrogen-bond acceptors (Lipinski definition) is 5. The molecule has 0 bridgehead atoms. The Morgan fingerprint density at radius 3 is 2.38 bits per heavy atom. The van der Waals surface area contributed by atoms with E-state index in [9.17, 15) is 26.4 Å². The van der Waals surface area contributed by atoms with Gasteiger partial charge in [0.05, 0.1) is 22.8 Å². The number of carbonyl (C=O) groups is 1. The molecule has 2 aromatic carbocycles. The lowest BCUT2D eigenvalue weighted by Gasteiger charge is -2.16. The molecule has 3 N–H and O–H groups in total. The van der Waals surface area contributed by atoms with Crippen molar-refractivity contribution in [2.24, 2.45) is 0 Å². The predicted molar refractivity (Wildman–Crippen MR) is 107 cm³/mol. The summed E-state index contributed by atoms with van der Waals surface area (Å²) in [7, 11) is -5.51. The van der Waals surface area contributed by atoms with Gasteiger partial charge in [0, 0.05) is 17.3 Å². The minimum absolute atomic E-state index is 0.0511. The maximum atomic E-state index is 12.8. The summed E-state index contributed by atoms with van der Waals surface area (Å²) < 4.78 is 61.8. The molecule has 0 saturated carbocycles. The lowest BCUT2D eigenvalue weighted by Crippen LogP contribution is -2.24. The van der Waals surface area contributed by atoms with E-state index in [2.05, 4.69) is 16.0 Å². The van der Waals surface area contributed by atoms with E-state index in [-0.39, 0.29) is 12.2 Å². The highest BCUT2D eigenvalue weighted by Gasteiger charge is 2.47. The van der Waals surface area contributed by atoms with Crippen LogP contribution in [0.2, 0.25) is 5.02 Å². The van der Waals surface area contributed by atoms with Gasteiger partial charge in [-0.15, -0.1) is 0 Å². The molecule has 158 valence electrons. The summed E-state index contributed by atoms with van der Waals surface area (Å²) in [6, 6.07) is 7.90. The number of halogens is 4. The zero-order valence-corrected chi connectivity index (χ0v) is 17.1. The lowest BCUT2D eigenvalue weighted by molar-refractivity contribution is -0.114. The Balaban J connectivity index is 2.23. The number of amides is 1. The first-order valence-corrected chi connectivity index (χ1v) is 10.3. The fraction of sp³-hybridized carbons (Fsp3) is 0.278. The number of carbonyl (C=O) groups excluding carboxylic acids is 1. The van der Waals surface area contributed by atoms with E-state index < -0.39 is 26.1 Å². The zero-order valence-electron chi connectivity index (χ0n) is 15.5. The van der Waals surface area contributed by atoms with Crippen molar-refractivity contribution in [1.29, 1.82) is 0 Å². The lowest BCUT2D eigenvalue weighted by atomic mass is 10.2. The number of alkyl halides is 3. The Kier molecular flexibility index (Phi) is 7.02. The van der Waals surface area contributed by atoms with Crippen LogP contribution in [-0.4, -0.2) is 32.9 Å². The predicted octanol–water partition coefficient (Wildman–Crippen LogP) is 4.42. The SMILES string of the molecule is CCNc1ccc(S(=O)(=O)C(F)(F)F)cc1NCC(=O)Nc1cccc(Cl)c1C. The Hall–Kier alpha value is -2.46. The topological polar surface area (TPSA) is 87.3 Å². The fourth-order valence-corrected chi connectivity index (χ4v) is 3.39. The molecular formula is C18H19ClF3N3O3S. The van der Waals surface area contributed by atoms with Crippen molar-refractivity contribution in [3.63, 3.8) is 0 Å². The molecular weight excluding hydrogens is 431 g/mol. The molecule has 0 radical (unpaired) electrons. The van der Waals surface area contributed by atoms with E-state index in [0.717, 1.165) is 12.1 Å². The van der Waals surface area contributed by atoms with Crippen LogP contribution in [0.5, 0.6) is 0 Å². The number of anilines is 3. The summed E-state index contributed by atoms with van der Waals surface area (Å²) in [5.74, 6) is -0.484. The van der Waals surface area contributed by atoms with Crippen molar-refractivity contribution < 1.29 is 26.4 Å². The van der Waals surface area contributed by atoms with Gasteiger partial charge in [-0.2, -0.15) is 13.2 Å². The van der Waals surface area contributed by atoms with Crippen molar-refractivity contribution in [1.82, 2.24) is 0 Å². The molecule has 0 fully saturated rings. The van der Waals surface area contributed by atoms with Crippen LogP contribution in [-0.2, 0) is 14.6 Å². The van der Waals surface area contributed by atoms with Gasteiger partial charge in [0.1, 0.15) is 0 Å². The van der Waals surface area contributed by atoms with Gasteiger partial charge in [0.2, 0.25) is 5.91 Å². The van der Waals surface area contributed by atoms with Gasteiger partial charge in [-0.3, -0.25) is 4.79 Å². The molecule has 0 heterocycles. The largest absolute Gasteiger partial charge is 0.501 e. The van der Waals surface area contributed by atoms with E-state index in [4.69, 9.17) is 11.6 Å².